The summed E-state index contributed by atoms with van der Waals surface area (Å²) >= 11 is 0. The van der Waals surface area contributed by atoms with E-state index in [9.17, 15) is 149 Å². The Morgan fingerprint density at radius 3 is 0.940 bits per heavy atom. The Labute approximate surface area is 451 Å². The first kappa shape index (κ1) is 78.1. The van der Waals surface area contributed by atoms with Gasteiger partial charge >= 0.3 is 132 Å². The van der Waals surface area contributed by atoms with Crippen LogP contribution in [0.1, 0.15) is 19.3 Å². The number of halogens is 34. The van der Waals surface area contributed by atoms with E-state index in [2.05, 4.69) is 9.47 Å². The molecule has 2 rings (SSSR count). The highest BCUT2D eigenvalue weighted by atomic mass is 28.5. The molecule has 1 radical (unpaired) electrons. The van der Waals surface area contributed by atoms with Crippen molar-refractivity contribution < 1.29 is 204 Å². The van der Waals surface area contributed by atoms with E-state index in [1.54, 1.807) is 4.74 Å². The molecule has 0 aromatic rings. The fourth-order valence-electron chi connectivity index (χ4n) is 6.32. The number of epoxide rings is 1. The van der Waals surface area contributed by atoms with Crippen molar-refractivity contribution in [2.24, 2.45) is 0 Å². The van der Waals surface area contributed by atoms with Crippen molar-refractivity contribution in [1.29, 1.82) is 0 Å². The quantitative estimate of drug-likeness (QED) is 0.0276. The highest BCUT2D eigenvalue weighted by Gasteiger charge is 2.87. The molecule has 50 heteroatoms. The molecule has 6 atom stereocenters. The Bertz CT molecular complexity index is 2140. The van der Waals surface area contributed by atoms with Crippen molar-refractivity contribution in [1.82, 2.24) is 0 Å². The van der Waals surface area contributed by atoms with E-state index in [0.29, 0.717) is 6.61 Å². The van der Waals surface area contributed by atoms with Gasteiger partial charge in [0, 0.05) is 19.8 Å². The van der Waals surface area contributed by atoms with E-state index in [1.807, 2.05) is 4.74 Å². The number of hydrogen-bond donors (Lipinski definition) is 0. The summed E-state index contributed by atoms with van der Waals surface area (Å²) in [7, 11) is -14.7. The van der Waals surface area contributed by atoms with Crippen LogP contribution in [0.4, 0.5) is 149 Å². The molecular weight excluding hydrogens is 1360 g/mol. The lowest BCUT2D eigenvalue weighted by molar-refractivity contribution is -0.558. The van der Waals surface area contributed by atoms with E-state index >= 15 is 0 Å². The van der Waals surface area contributed by atoms with Crippen molar-refractivity contribution in [3.63, 3.8) is 0 Å². The second-order valence-corrected chi connectivity index (χ2v) is 30.5. The Morgan fingerprint density at radius 2 is 0.667 bits per heavy atom. The van der Waals surface area contributed by atoms with Crippen LogP contribution in [0, 0.1) is 0 Å². The minimum Gasteiger partial charge on any atom is -0.416 e. The summed E-state index contributed by atoms with van der Waals surface area (Å²) in [5.74, 6) is -45.4. The first-order valence-electron chi connectivity index (χ1n) is 22.0. The highest BCUT2D eigenvalue weighted by molar-refractivity contribution is 6.90. The third-order valence-electron chi connectivity index (χ3n) is 10.4. The number of alkyl halides is 34. The van der Waals surface area contributed by atoms with Crippen molar-refractivity contribution in [3.8, 4) is 0 Å². The summed E-state index contributed by atoms with van der Waals surface area (Å²) in [6.45, 7) is -3.34. The summed E-state index contributed by atoms with van der Waals surface area (Å²) in [5, 5.41) is 0. The van der Waals surface area contributed by atoms with Gasteiger partial charge in [-0.2, -0.15) is 149 Å². The third-order valence-corrected chi connectivity index (χ3v) is 26.9. The average Bonchev–Trinajstić information content (AvgIpc) is 1.58. The zero-order valence-electron chi connectivity index (χ0n) is 41.5. The van der Waals surface area contributed by atoms with Crippen molar-refractivity contribution in [3.05, 3.63) is 0 Å². The Morgan fingerprint density at radius 1 is 0.381 bits per heavy atom. The maximum atomic E-state index is 14.5. The topological polar surface area (TPSA) is 114 Å². The standard InChI is InChI=1S/C34H39F34O12Si4/c1-81-77-82(2,11-5-8-69-14-18-15-72-18)79-84(4,13-7-10-71-17-20(37,38)30(59,60)76-34(67,68)24(44,28(54,55)56)74-32(63,64)22(41,42)26(48,49)50)80-83(3,78-81)12-6-9-70-16-19(35,36)29(57,58)75-33(65,66)23(43,27(51,52)53)73-31(61,62)21(39,40)25(45,46)47/h18H,5-17H2,1-4H3. The van der Waals surface area contributed by atoms with Crippen molar-refractivity contribution in [2.45, 2.75) is 166 Å². The minimum absolute atomic E-state index is 0.00430. The van der Waals surface area contributed by atoms with Gasteiger partial charge < -0.3 is 35.4 Å². The molecule has 0 saturated carbocycles. The Balaban J connectivity index is 2.31. The predicted octanol–water partition coefficient (Wildman–Crippen LogP) is 13.8. The fraction of sp³-hybridized carbons (Fsp3) is 1.00. The number of hydrogen-bond acceptors (Lipinski definition) is 12. The second kappa shape index (κ2) is 25.4. The molecule has 0 amide bonds. The normalized spacial score (nSPS) is 24.9. The van der Waals surface area contributed by atoms with Crippen LogP contribution < -0.4 is 0 Å². The molecule has 2 aliphatic rings. The Kier molecular flexibility index (Phi) is 23.6. The maximum Gasteiger partial charge on any atom is 0.462 e. The molecule has 0 bridgehead atoms. The van der Waals surface area contributed by atoms with Crippen LogP contribution in [-0.2, 0) is 54.4 Å². The van der Waals surface area contributed by atoms with Crippen LogP contribution in [-0.4, -0.2) is 184 Å². The van der Waals surface area contributed by atoms with E-state index in [4.69, 9.17) is 25.9 Å². The lowest BCUT2D eigenvalue weighted by atomic mass is 10.2. The SMILES string of the molecule is C[Si]1O[Si](C)(CCCOCC2CO2)O[Si](C)(CCCOCC(F)(F)C(F)(F)OC(F)(F)C(F)(OC(F)(F)C(F)(F)C(F)(F)F)C(F)(F)F)O[Si](C)(CCCOCC(F)(F)C(F)(F)OC(F)(F)C(F)(OC(F)(F)C(F)(F)C(F)(F)F)C(F)(F)F)O1. The minimum atomic E-state index is -8.22. The van der Waals surface area contributed by atoms with E-state index in [0.717, 1.165) is 13.1 Å². The second-order valence-electron chi connectivity index (χ2n) is 18.0. The smallest absolute Gasteiger partial charge is 0.416 e. The molecule has 0 N–H and O–H groups in total. The third kappa shape index (κ3) is 18.1. The van der Waals surface area contributed by atoms with E-state index in [-0.39, 0.29) is 31.8 Å². The number of rotatable bonds is 32. The predicted molar refractivity (Wildman–Crippen MR) is 207 cm³/mol. The van der Waals surface area contributed by atoms with Crippen LogP contribution in [0.15, 0.2) is 0 Å². The van der Waals surface area contributed by atoms with Crippen LogP contribution >= 0.6 is 0 Å². The van der Waals surface area contributed by atoms with Crippen LogP contribution in [0.2, 0.25) is 44.3 Å². The first-order chi connectivity index (χ1) is 36.8. The van der Waals surface area contributed by atoms with Gasteiger partial charge in [-0.15, -0.1) is 0 Å². The van der Waals surface area contributed by atoms with Crippen molar-refractivity contribution >= 4 is 35.0 Å². The Hall–Kier alpha value is -1.99. The molecule has 0 spiro atoms. The summed E-state index contributed by atoms with van der Waals surface area (Å²) in [6, 6.07) is -1.33. The van der Waals surface area contributed by atoms with Gasteiger partial charge in [0.1, 0.15) is 19.3 Å². The fourth-order valence-corrected chi connectivity index (χ4v) is 25.5. The van der Waals surface area contributed by atoms with Crippen LogP contribution in [0.3, 0.4) is 0 Å². The molecule has 0 aliphatic carbocycles. The van der Waals surface area contributed by atoms with Gasteiger partial charge in [-0.3, -0.25) is 9.47 Å². The molecule has 0 aromatic carbocycles. The van der Waals surface area contributed by atoms with Gasteiger partial charge in [0.2, 0.25) is 0 Å². The number of ether oxygens (including phenoxy) is 8. The molecule has 2 saturated heterocycles. The van der Waals surface area contributed by atoms with Gasteiger partial charge in [0.25, 0.3) is 0 Å². The molecule has 6 unspecified atom stereocenters. The van der Waals surface area contributed by atoms with Crippen LogP contribution in [0.25, 0.3) is 0 Å². The molecule has 2 fully saturated rings. The summed E-state index contributed by atoms with van der Waals surface area (Å²) in [4.78, 5) is 0. The first-order valence-corrected chi connectivity index (χ1v) is 31.4. The molecule has 2 aliphatic heterocycles. The van der Waals surface area contributed by atoms with Crippen LogP contribution in [0.5, 0.6) is 0 Å². The molecule has 84 heavy (non-hydrogen) atoms. The zero-order valence-corrected chi connectivity index (χ0v) is 45.5. The largest absolute Gasteiger partial charge is 0.462 e. The average molecular weight is 1400 g/mol. The maximum absolute atomic E-state index is 14.5. The summed E-state index contributed by atoms with van der Waals surface area (Å²) in [5.41, 5.74) is 0. The van der Waals surface area contributed by atoms with E-state index < -0.39 is 183 Å². The molecule has 0 aromatic heterocycles. The lowest BCUT2D eigenvalue weighted by Crippen LogP contribution is -2.67. The lowest BCUT2D eigenvalue weighted by Gasteiger charge is -2.46. The molecule has 2 heterocycles. The van der Waals surface area contributed by atoms with Gasteiger partial charge in [-0.1, -0.05) is 0 Å². The van der Waals surface area contributed by atoms with Crippen molar-refractivity contribution in [2.75, 3.05) is 46.2 Å². The highest BCUT2D eigenvalue weighted by Crippen LogP contribution is 2.59. The van der Waals surface area contributed by atoms with E-state index in [1.165, 1.54) is 22.6 Å². The zero-order chi connectivity index (χ0) is 66.3. The monoisotopic (exact) mass is 1400 g/mol. The molecular formula is C34H39F34O12Si4. The van der Waals surface area contributed by atoms with Gasteiger partial charge in [0.15, 0.2) is 0 Å². The molecule has 12 nitrogen and oxygen atoms in total. The molecule has 501 valence electrons. The van der Waals surface area contributed by atoms with Gasteiger partial charge in [-0.05, 0) is 63.6 Å². The summed E-state index contributed by atoms with van der Waals surface area (Å²) in [6.07, 6.45) is -80.3. The van der Waals surface area contributed by atoms with Gasteiger partial charge in [-0.25, -0.2) is 9.47 Å². The summed E-state index contributed by atoms with van der Waals surface area (Å²) < 4.78 is 511. The van der Waals surface area contributed by atoms with Gasteiger partial charge in [0.05, 0.1) is 13.2 Å².